The molecule has 3 nitrogen and oxygen atoms in total. The van der Waals surface area contributed by atoms with Crippen molar-refractivity contribution in [1.82, 2.24) is 9.55 Å². The molecule has 3 heterocycles. The Morgan fingerprint density at radius 2 is 0.960 bits per heavy atom. The van der Waals surface area contributed by atoms with Crippen LogP contribution in [0.15, 0.2) is 174 Å². The van der Waals surface area contributed by atoms with Crippen molar-refractivity contribution in [3.05, 3.63) is 170 Å². The van der Waals surface area contributed by atoms with Gasteiger partial charge in [0.1, 0.15) is 16.8 Å². The molecule has 0 fully saturated rings. The summed E-state index contributed by atoms with van der Waals surface area (Å²) in [4.78, 5) is 4.78. The fraction of sp³-hybridized carbons (Fsp3) is 0. The highest BCUT2D eigenvalue weighted by Gasteiger charge is 2.19. The van der Waals surface area contributed by atoms with E-state index in [1.54, 1.807) is 0 Å². The van der Waals surface area contributed by atoms with E-state index in [0.29, 0.717) is 0 Å². The van der Waals surface area contributed by atoms with E-state index in [4.69, 9.17) is 9.40 Å². The van der Waals surface area contributed by atoms with E-state index in [-0.39, 0.29) is 0 Å². The first-order valence-electron chi connectivity index (χ1n) is 17.0. The van der Waals surface area contributed by atoms with Crippen LogP contribution in [0.25, 0.3) is 104 Å². The molecule has 0 unspecified atom stereocenters. The Morgan fingerprint density at radius 1 is 0.400 bits per heavy atom. The van der Waals surface area contributed by atoms with Crippen molar-refractivity contribution in [3.63, 3.8) is 0 Å². The third kappa shape index (κ3) is 3.89. The number of hydrogen-bond acceptors (Lipinski definition) is 2. The fourth-order valence-corrected chi connectivity index (χ4v) is 8.21. The first kappa shape index (κ1) is 27.3. The van der Waals surface area contributed by atoms with Crippen molar-refractivity contribution in [2.45, 2.75) is 0 Å². The van der Waals surface area contributed by atoms with E-state index in [1.807, 2.05) is 12.3 Å². The van der Waals surface area contributed by atoms with Gasteiger partial charge in [-0.25, -0.2) is 4.98 Å². The highest BCUT2D eigenvalue weighted by atomic mass is 16.3. The van der Waals surface area contributed by atoms with Crippen LogP contribution in [0.3, 0.4) is 0 Å². The lowest BCUT2D eigenvalue weighted by Crippen LogP contribution is -1.94. The van der Waals surface area contributed by atoms with Crippen molar-refractivity contribution < 1.29 is 4.42 Å². The molecular weight excluding hydrogens is 609 g/mol. The number of hydrogen-bond donors (Lipinski definition) is 0. The summed E-state index contributed by atoms with van der Waals surface area (Å²) in [5.41, 5.74) is 9.69. The molecule has 3 aromatic heterocycles. The van der Waals surface area contributed by atoms with Crippen LogP contribution in [-0.2, 0) is 0 Å². The minimum Gasteiger partial charge on any atom is -0.456 e. The Balaban J connectivity index is 1.12. The monoisotopic (exact) mass is 636 g/mol. The number of nitrogens with zero attached hydrogens (tertiary/aromatic N) is 2. The molecule has 50 heavy (non-hydrogen) atoms. The summed E-state index contributed by atoms with van der Waals surface area (Å²) in [6, 6.07) is 58.9. The van der Waals surface area contributed by atoms with Crippen LogP contribution in [0.1, 0.15) is 0 Å². The summed E-state index contributed by atoms with van der Waals surface area (Å²) in [5.74, 6) is 0. The van der Waals surface area contributed by atoms with Gasteiger partial charge in [0.25, 0.3) is 0 Å². The molecule has 0 spiro atoms. The molecule has 0 radical (unpaired) electrons. The topological polar surface area (TPSA) is 31.0 Å². The number of fused-ring (bicyclic) bond motifs is 9. The van der Waals surface area contributed by atoms with Crippen LogP contribution in [0.5, 0.6) is 0 Å². The lowest BCUT2D eigenvalue weighted by atomic mass is 9.85. The van der Waals surface area contributed by atoms with Crippen molar-refractivity contribution >= 4 is 76.2 Å². The second-order valence-corrected chi connectivity index (χ2v) is 13.1. The molecule has 0 saturated carbocycles. The van der Waals surface area contributed by atoms with Gasteiger partial charge in [-0.15, -0.1) is 0 Å². The maximum Gasteiger partial charge on any atom is 0.145 e. The first-order chi connectivity index (χ1) is 24.8. The number of aromatic nitrogens is 2. The summed E-state index contributed by atoms with van der Waals surface area (Å²) in [6.45, 7) is 0. The highest BCUT2D eigenvalue weighted by Crippen LogP contribution is 2.45. The van der Waals surface area contributed by atoms with Crippen molar-refractivity contribution in [3.8, 4) is 27.9 Å². The van der Waals surface area contributed by atoms with E-state index in [1.165, 1.54) is 54.4 Å². The molecule has 11 aromatic rings. The zero-order valence-corrected chi connectivity index (χ0v) is 27.0. The largest absolute Gasteiger partial charge is 0.456 e. The van der Waals surface area contributed by atoms with Gasteiger partial charge in [-0.3, -0.25) is 4.57 Å². The van der Waals surface area contributed by atoms with E-state index < -0.39 is 0 Å². The predicted molar refractivity (Wildman–Crippen MR) is 209 cm³/mol. The quantitative estimate of drug-likeness (QED) is 0.181. The minimum absolute atomic E-state index is 0.859. The number of benzene rings is 8. The molecule has 8 aromatic carbocycles. The average molecular weight is 637 g/mol. The van der Waals surface area contributed by atoms with E-state index in [9.17, 15) is 0 Å². The minimum atomic E-state index is 0.859. The Morgan fingerprint density at radius 3 is 1.70 bits per heavy atom. The third-order valence-corrected chi connectivity index (χ3v) is 10.4. The second kappa shape index (κ2) is 10.4. The van der Waals surface area contributed by atoms with Crippen molar-refractivity contribution in [2.75, 3.05) is 0 Å². The van der Waals surface area contributed by atoms with Gasteiger partial charge in [0.2, 0.25) is 0 Å². The summed E-state index contributed by atoms with van der Waals surface area (Å²) in [7, 11) is 0. The van der Waals surface area contributed by atoms with Gasteiger partial charge in [0.05, 0.1) is 11.2 Å². The van der Waals surface area contributed by atoms with Gasteiger partial charge < -0.3 is 4.42 Å². The Labute approximate surface area is 287 Å². The van der Waals surface area contributed by atoms with Crippen LogP contribution in [-0.4, -0.2) is 9.55 Å². The zero-order chi connectivity index (χ0) is 32.8. The standard InChI is InChI=1S/C47H28N2O/c1-2-11-30-26-31(20-19-29(30)10-1)45-37-13-3-5-15-39(37)46(40-16-6-4-14-38(40)45)32-21-23-35-36-24-22-33(28-44(36)50-43(35)27-32)49-42-18-8-7-12-34(42)41-17-9-25-48-47(41)49/h1-28H. The molecule has 0 atom stereocenters. The smallest absolute Gasteiger partial charge is 0.145 e. The molecular formula is C47H28N2O. The van der Waals surface area contributed by atoms with Crippen LogP contribution < -0.4 is 0 Å². The summed E-state index contributed by atoms with van der Waals surface area (Å²) < 4.78 is 8.94. The molecule has 0 aliphatic carbocycles. The fourth-order valence-electron chi connectivity index (χ4n) is 8.21. The van der Waals surface area contributed by atoms with Crippen LogP contribution in [0.2, 0.25) is 0 Å². The zero-order valence-electron chi connectivity index (χ0n) is 27.0. The molecule has 0 N–H and O–H groups in total. The van der Waals surface area contributed by atoms with Crippen LogP contribution in [0, 0.1) is 0 Å². The van der Waals surface area contributed by atoms with E-state index >= 15 is 0 Å². The van der Waals surface area contributed by atoms with Gasteiger partial charge in [-0.1, -0.05) is 109 Å². The van der Waals surface area contributed by atoms with E-state index in [0.717, 1.165) is 49.7 Å². The predicted octanol–water partition coefficient (Wildman–Crippen LogP) is 12.9. The molecule has 0 bridgehead atoms. The molecule has 0 aliphatic rings. The number of para-hydroxylation sites is 1. The van der Waals surface area contributed by atoms with Gasteiger partial charge in [-0.05, 0) is 103 Å². The average Bonchev–Trinajstić information content (AvgIpc) is 3.71. The summed E-state index contributed by atoms with van der Waals surface area (Å²) >= 11 is 0. The Hall–Kier alpha value is -6.71. The molecule has 0 aliphatic heterocycles. The maximum atomic E-state index is 6.70. The normalized spacial score (nSPS) is 12.0. The highest BCUT2D eigenvalue weighted by molar-refractivity contribution is 6.22. The molecule has 0 amide bonds. The van der Waals surface area contributed by atoms with Crippen molar-refractivity contribution in [2.24, 2.45) is 0 Å². The molecule has 3 heteroatoms. The molecule has 11 rings (SSSR count). The Kier molecular flexibility index (Phi) is 5.67. The van der Waals surface area contributed by atoms with E-state index in [2.05, 4.69) is 162 Å². The first-order valence-corrected chi connectivity index (χ1v) is 17.0. The van der Waals surface area contributed by atoms with Gasteiger partial charge in [-0.2, -0.15) is 0 Å². The molecule has 0 saturated heterocycles. The van der Waals surface area contributed by atoms with Crippen LogP contribution in [0.4, 0.5) is 0 Å². The summed E-state index contributed by atoms with van der Waals surface area (Å²) in [5, 5.41) is 12.0. The lowest BCUT2D eigenvalue weighted by molar-refractivity contribution is 0.669. The van der Waals surface area contributed by atoms with Gasteiger partial charge in [0.15, 0.2) is 0 Å². The SMILES string of the molecule is c1ccc2cc(-c3c4ccccc4c(-c4ccc5c(c4)oc4cc(-n6c7ccccc7c7cccnc76)ccc45)c4ccccc34)ccc2c1. The Bertz CT molecular complexity index is 3050. The number of furan rings is 1. The number of rotatable bonds is 3. The van der Waals surface area contributed by atoms with Gasteiger partial charge in [0, 0.05) is 33.8 Å². The second-order valence-electron chi connectivity index (χ2n) is 13.1. The summed E-state index contributed by atoms with van der Waals surface area (Å²) in [6.07, 6.45) is 1.86. The third-order valence-electron chi connectivity index (χ3n) is 10.4. The maximum absolute atomic E-state index is 6.70. The van der Waals surface area contributed by atoms with Crippen molar-refractivity contribution in [1.29, 1.82) is 0 Å². The molecule has 232 valence electrons. The van der Waals surface area contributed by atoms with Crippen LogP contribution >= 0.6 is 0 Å². The lowest BCUT2D eigenvalue weighted by Gasteiger charge is -2.18. The van der Waals surface area contributed by atoms with Gasteiger partial charge >= 0.3 is 0 Å². The number of pyridine rings is 1.